The number of nitrogens with two attached hydrogens (primary N) is 1. The first-order chi connectivity index (χ1) is 10.0. The van der Waals surface area contributed by atoms with E-state index in [0.29, 0.717) is 0 Å². The van der Waals surface area contributed by atoms with Crippen LogP contribution in [0.2, 0.25) is 0 Å². The lowest BCUT2D eigenvalue weighted by molar-refractivity contribution is 0.891. The SMILES string of the molecule is Cc1nc(C)c(C(C)Nc2ccnc3cc(N)ccc23)s1. The molecule has 0 amide bonds. The molecule has 1 unspecified atom stereocenters. The summed E-state index contributed by atoms with van der Waals surface area (Å²) in [5, 5.41) is 5.75. The van der Waals surface area contributed by atoms with E-state index in [1.54, 1.807) is 11.3 Å². The molecule has 0 bridgehead atoms. The summed E-state index contributed by atoms with van der Waals surface area (Å²) < 4.78 is 0. The summed E-state index contributed by atoms with van der Waals surface area (Å²) in [5.41, 5.74) is 9.62. The Morgan fingerprint density at radius 2 is 2.05 bits per heavy atom. The van der Waals surface area contributed by atoms with Crippen LogP contribution in [-0.2, 0) is 0 Å². The topological polar surface area (TPSA) is 63.8 Å². The van der Waals surface area contributed by atoms with Crippen molar-refractivity contribution in [2.24, 2.45) is 0 Å². The van der Waals surface area contributed by atoms with Crippen molar-refractivity contribution in [3.63, 3.8) is 0 Å². The van der Waals surface area contributed by atoms with Crippen molar-refractivity contribution in [1.82, 2.24) is 9.97 Å². The zero-order valence-corrected chi connectivity index (χ0v) is 13.2. The van der Waals surface area contributed by atoms with Gasteiger partial charge in [-0.3, -0.25) is 4.98 Å². The smallest absolute Gasteiger partial charge is 0.0900 e. The number of thiazole rings is 1. The first-order valence-electron chi connectivity index (χ1n) is 6.89. The molecule has 1 aromatic carbocycles. The molecule has 0 aliphatic carbocycles. The molecule has 108 valence electrons. The highest BCUT2D eigenvalue weighted by molar-refractivity contribution is 7.11. The maximum Gasteiger partial charge on any atom is 0.0900 e. The number of anilines is 2. The van der Waals surface area contributed by atoms with Crippen LogP contribution in [0, 0.1) is 13.8 Å². The van der Waals surface area contributed by atoms with Crippen LogP contribution in [-0.4, -0.2) is 9.97 Å². The summed E-state index contributed by atoms with van der Waals surface area (Å²) in [4.78, 5) is 10.1. The summed E-state index contributed by atoms with van der Waals surface area (Å²) in [6, 6.07) is 8.02. The maximum absolute atomic E-state index is 5.82. The van der Waals surface area contributed by atoms with Crippen molar-refractivity contribution in [3.8, 4) is 0 Å². The Hall–Kier alpha value is -2.14. The van der Waals surface area contributed by atoms with E-state index in [4.69, 9.17) is 5.73 Å². The van der Waals surface area contributed by atoms with Gasteiger partial charge in [0.15, 0.2) is 0 Å². The van der Waals surface area contributed by atoms with Gasteiger partial charge in [-0.05, 0) is 45.0 Å². The van der Waals surface area contributed by atoms with Gasteiger partial charge in [-0.15, -0.1) is 11.3 Å². The van der Waals surface area contributed by atoms with Crippen molar-refractivity contribution >= 4 is 33.6 Å². The number of nitrogens with zero attached hydrogens (tertiary/aromatic N) is 2. The molecule has 21 heavy (non-hydrogen) atoms. The number of aromatic nitrogens is 2. The Balaban J connectivity index is 1.96. The van der Waals surface area contributed by atoms with Gasteiger partial charge in [-0.25, -0.2) is 4.98 Å². The van der Waals surface area contributed by atoms with Crippen LogP contribution in [0.3, 0.4) is 0 Å². The lowest BCUT2D eigenvalue weighted by atomic mass is 10.1. The summed E-state index contributed by atoms with van der Waals surface area (Å²) in [6.45, 7) is 6.25. The van der Waals surface area contributed by atoms with Gasteiger partial charge in [-0.1, -0.05) is 0 Å². The van der Waals surface area contributed by atoms with E-state index in [-0.39, 0.29) is 6.04 Å². The molecule has 3 aromatic rings. The van der Waals surface area contributed by atoms with Crippen LogP contribution >= 0.6 is 11.3 Å². The minimum atomic E-state index is 0.208. The van der Waals surface area contributed by atoms with Crippen LogP contribution in [0.25, 0.3) is 10.9 Å². The van der Waals surface area contributed by atoms with Crippen molar-refractivity contribution in [3.05, 3.63) is 46.0 Å². The predicted octanol–water partition coefficient (Wildman–Crippen LogP) is 4.06. The first-order valence-corrected chi connectivity index (χ1v) is 7.71. The Bertz CT molecular complexity index is 794. The molecule has 2 aromatic heterocycles. The van der Waals surface area contributed by atoms with Crippen LogP contribution in [0.5, 0.6) is 0 Å². The summed E-state index contributed by atoms with van der Waals surface area (Å²) in [6.07, 6.45) is 1.81. The maximum atomic E-state index is 5.82. The molecular weight excluding hydrogens is 280 g/mol. The third-order valence-electron chi connectivity index (χ3n) is 3.47. The molecule has 0 aliphatic rings. The number of nitrogens with one attached hydrogen (secondary N) is 1. The minimum Gasteiger partial charge on any atom is -0.399 e. The normalized spacial score (nSPS) is 12.5. The molecule has 0 radical (unpaired) electrons. The number of hydrogen-bond donors (Lipinski definition) is 2. The average Bonchev–Trinajstić information content (AvgIpc) is 2.77. The Morgan fingerprint density at radius 3 is 2.76 bits per heavy atom. The third kappa shape index (κ3) is 2.69. The van der Waals surface area contributed by atoms with Gasteiger partial charge in [0.25, 0.3) is 0 Å². The van der Waals surface area contributed by atoms with Crippen LogP contribution in [0.1, 0.15) is 28.5 Å². The van der Waals surface area contributed by atoms with Gasteiger partial charge in [0.1, 0.15) is 0 Å². The largest absolute Gasteiger partial charge is 0.399 e. The fourth-order valence-electron chi connectivity index (χ4n) is 2.54. The second kappa shape index (κ2) is 5.33. The predicted molar refractivity (Wildman–Crippen MR) is 89.8 cm³/mol. The highest BCUT2D eigenvalue weighted by Crippen LogP contribution is 2.30. The Labute approximate surface area is 128 Å². The van der Waals surface area contributed by atoms with Gasteiger partial charge in [0, 0.05) is 27.8 Å². The molecule has 0 fully saturated rings. The summed E-state index contributed by atoms with van der Waals surface area (Å²) in [5.74, 6) is 0. The second-order valence-electron chi connectivity index (χ2n) is 5.18. The van der Waals surface area contributed by atoms with Crippen molar-refractivity contribution in [1.29, 1.82) is 0 Å². The molecule has 5 heteroatoms. The van der Waals surface area contributed by atoms with Crippen molar-refractivity contribution in [2.75, 3.05) is 11.1 Å². The van der Waals surface area contributed by atoms with Crippen molar-refractivity contribution in [2.45, 2.75) is 26.8 Å². The zero-order valence-electron chi connectivity index (χ0n) is 12.3. The van der Waals surface area contributed by atoms with Crippen molar-refractivity contribution < 1.29 is 0 Å². The van der Waals surface area contributed by atoms with E-state index in [1.165, 1.54) is 4.88 Å². The number of rotatable bonds is 3. The lowest BCUT2D eigenvalue weighted by Crippen LogP contribution is -2.07. The van der Waals surface area contributed by atoms with Gasteiger partial charge >= 0.3 is 0 Å². The quantitative estimate of drug-likeness (QED) is 0.716. The van der Waals surface area contributed by atoms with Crippen LogP contribution in [0.15, 0.2) is 30.5 Å². The van der Waals surface area contributed by atoms with E-state index in [9.17, 15) is 0 Å². The van der Waals surface area contributed by atoms with Gasteiger partial charge in [0.05, 0.1) is 22.3 Å². The number of pyridine rings is 1. The van der Waals surface area contributed by atoms with E-state index < -0.39 is 0 Å². The van der Waals surface area contributed by atoms with E-state index in [2.05, 4.69) is 29.1 Å². The molecule has 0 aliphatic heterocycles. The number of nitrogen functional groups attached to an aromatic ring is 1. The van der Waals surface area contributed by atoms with E-state index in [0.717, 1.165) is 33.0 Å². The molecule has 1 atom stereocenters. The standard InChI is InChI=1S/C16H18N4S/c1-9-16(21-11(3)19-9)10(2)20-14-6-7-18-15-8-12(17)4-5-13(14)15/h4-8,10H,17H2,1-3H3,(H,18,20). The zero-order chi connectivity index (χ0) is 15.0. The van der Waals surface area contributed by atoms with E-state index >= 15 is 0 Å². The molecule has 2 heterocycles. The number of aryl methyl sites for hydroxylation is 2. The monoisotopic (exact) mass is 298 g/mol. The van der Waals surface area contributed by atoms with Crippen LogP contribution in [0.4, 0.5) is 11.4 Å². The van der Waals surface area contributed by atoms with Gasteiger partial charge in [-0.2, -0.15) is 0 Å². The number of fused-ring (bicyclic) bond motifs is 1. The lowest BCUT2D eigenvalue weighted by Gasteiger charge is -2.16. The number of hydrogen-bond acceptors (Lipinski definition) is 5. The average molecular weight is 298 g/mol. The summed E-state index contributed by atoms with van der Waals surface area (Å²) >= 11 is 1.74. The highest BCUT2D eigenvalue weighted by atomic mass is 32.1. The Kier molecular flexibility index (Phi) is 3.51. The molecular formula is C16H18N4S. The highest BCUT2D eigenvalue weighted by Gasteiger charge is 2.14. The molecule has 0 spiro atoms. The molecule has 0 saturated heterocycles. The molecule has 3 N–H and O–H groups in total. The molecule has 0 saturated carbocycles. The van der Waals surface area contributed by atoms with E-state index in [1.807, 2.05) is 37.4 Å². The van der Waals surface area contributed by atoms with Crippen LogP contribution < -0.4 is 11.1 Å². The second-order valence-corrected chi connectivity index (χ2v) is 6.42. The molecule has 3 rings (SSSR count). The minimum absolute atomic E-state index is 0.208. The summed E-state index contributed by atoms with van der Waals surface area (Å²) in [7, 11) is 0. The fourth-order valence-corrected chi connectivity index (χ4v) is 3.47. The van der Waals surface area contributed by atoms with Gasteiger partial charge in [0.2, 0.25) is 0 Å². The molecule has 4 nitrogen and oxygen atoms in total. The Morgan fingerprint density at radius 1 is 1.24 bits per heavy atom. The number of benzene rings is 1. The third-order valence-corrected chi connectivity index (χ3v) is 4.73. The fraction of sp³-hybridized carbons (Fsp3) is 0.250. The van der Waals surface area contributed by atoms with Gasteiger partial charge < -0.3 is 11.1 Å². The first kappa shape index (κ1) is 13.8.